The molecular formula is C8H14N4O. The minimum Gasteiger partial charge on any atom is -0.368 e. The highest BCUT2D eigenvalue weighted by molar-refractivity contribution is 5.77. The lowest BCUT2D eigenvalue weighted by Crippen LogP contribution is -2.24. The number of amides is 1. The number of carbonyl (C=O) groups is 1. The summed E-state index contributed by atoms with van der Waals surface area (Å²) in [6.45, 7) is 3.55. The number of hydrogen-bond acceptors (Lipinski definition) is 3. The number of hydrogen-bond donors (Lipinski definition) is 2. The minimum absolute atomic E-state index is 0.0752. The van der Waals surface area contributed by atoms with Crippen molar-refractivity contribution in [2.24, 2.45) is 11.5 Å². The Kier molecular flexibility index (Phi) is 2.67. The highest BCUT2D eigenvalue weighted by Gasteiger charge is 2.12. The summed E-state index contributed by atoms with van der Waals surface area (Å²) in [6.07, 6.45) is 3.38. The van der Waals surface area contributed by atoms with E-state index in [1.54, 1.807) is 19.3 Å². The number of carbonyl (C=O) groups excluding carboxylic acids is 1. The Bertz CT molecular complexity index is 305. The van der Waals surface area contributed by atoms with Crippen molar-refractivity contribution in [2.45, 2.75) is 25.9 Å². The van der Waals surface area contributed by atoms with Crippen molar-refractivity contribution in [2.75, 3.05) is 0 Å². The smallest absolute Gasteiger partial charge is 0.241 e. The van der Waals surface area contributed by atoms with Crippen LogP contribution in [0.1, 0.15) is 31.5 Å². The van der Waals surface area contributed by atoms with Crippen molar-refractivity contribution >= 4 is 5.91 Å². The lowest BCUT2D eigenvalue weighted by atomic mass is 10.2. The first-order valence-electron chi connectivity index (χ1n) is 4.11. The van der Waals surface area contributed by atoms with Crippen molar-refractivity contribution < 1.29 is 4.79 Å². The minimum atomic E-state index is -0.424. The molecule has 1 amide bonds. The Morgan fingerprint density at radius 2 is 2.23 bits per heavy atom. The third-order valence-corrected chi connectivity index (χ3v) is 1.96. The van der Waals surface area contributed by atoms with E-state index in [1.165, 1.54) is 4.68 Å². The zero-order chi connectivity index (χ0) is 10.0. The molecule has 1 unspecified atom stereocenters. The highest BCUT2D eigenvalue weighted by Crippen LogP contribution is 2.10. The largest absolute Gasteiger partial charge is 0.368 e. The average Bonchev–Trinajstić information content (AvgIpc) is 2.50. The molecule has 0 bridgehead atoms. The van der Waals surface area contributed by atoms with E-state index in [0.717, 1.165) is 5.56 Å². The van der Waals surface area contributed by atoms with Gasteiger partial charge in [0.25, 0.3) is 0 Å². The van der Waals surface area contributed by atoms with Crippen LogP contribution in [0.15, 0.2) is 12.4 Å². The van der Waals surface area contributed by atoms with Crippen molar-refractivity contribution in [3.05, 3.63) is 18.0 Å². The van der Waals surface area contributed by atoms with Crippen LogP contribution in [0, 0.1) is 0 Å². The second-order valence-corrected chi connectivity index (χ2v) is 3.12. The fraction of sp³-hybridized carbons (Fsp3) is 0.500. The predicted molar refractivity (Wildman–Crippen MR) is 48.7 cm³/mol. The molecule has 0 aliphatic heterocycles. The van der Waals surface area contributed by atoms with E-state index < -0.39 is 11.9 Å². The van der Waals surface area contributed by atoms with Crippen molar-refractivity contribution in [1.29, 1.82) is 0 Å². The molecule has 1 aromatic heterocycles. The molecule has 1 rings (SSSR count). The Morgan fingerprint density at radius 1 is 1.62 bits per heavy atom. The number of nitrogens with two attached hydrogens (primary N) is 2. The normalized spacial score (nSPS) is 15.3. The molecule has 13 heavy (non-hydrogen) atoms. The third kappa shape index (κ3) is 2.06. The van der Waals surface area contributed by atoms with E-state index in [4.69, 9.17) is 11.5 Å². The van der Waals surface area contributed by atoms with Crippen LogP contribution in [0.5, 0.6) is 0 Å². The molecule has 0 aliphatic rings. The van der Waals surface area contributed by atoms with E-state index in [-0.39, 0.29) is 6.04 Å². The van der Waals surface area contributed by atoms with Gasteiger partial charge in [0.05, 0.1) is 6.20 Å². The van der Waals surface area contributed by atoms with Gasteiger partial charge in [-0.15, -0.1) is 0 Å². The first kappa shape index (κ1) is 9.73. The third-order valence-electron chi connectivity index (χ3n) is 1.96. The van der Waals surface area contributed by atoms with Gasteiger partial charge in [-0.05, 0) is 13.8 Å². The zero-order valence-corrected chi connectivity index (χ0v) is 7.77. The lowest BCUT2D eigenvalue weighted by Gasteiger charge is -2.06. The molecule has 5 heteroatoms. The van der Waals surface area contributed by atoms with Crippen LogP contribution in [-0.4, -0.2) is 15.7 Å². The van der Waals surface area contributed by atoms with E-state index in [9.17, 15) is 4.79 Å². The fourth-order valence-corrected chi connectivity index (χ4v) is 0.930. The molecule has 0 saturated carbocycles. The molecule has 4 N–H and O–H groups in total. The first-order valence-corrected chi connectivity index (χ1v) is 4.11. The van der Waals surface area contributed by atoms with Crippen molar-refractivity contribution in [3.8, 4) is 0 Å². The lowest BCUT2D eigenvalue weighted by molar-refractivity contribution is -0.120. The van der Waals surface area contributed by atoms with Gasteiger partial charge in [0.15, 0.2) is 0 Å². The molecule has 0 radical (unpaired) electrons. The summed E-state index contributed by atoms with van der Waals surface area (Å²) in [7, 11) is 0. The van der Waals surface area contributed by atoms with E-state index >= 15 is 0 Å². The van der Waals surface area contributed by atoms with Crippen LogP contribution in [0.25, 0.3) is 0 Å². The second kappa shape index (κ2) is 3.57. The van der Waals surface area contributed by atoms with Crippen LogP contribution in [0.2, 0.25) is 0 Å². The number of primary amides is 1. The Labute approximate surface area is 76.7 Å². The van der Waals surface area contributed by atoms with E-state index in [2.05, 4.69) is 5.10 Å². The van der Waals surface area contributed by atoms with E-state index in [0.29, 0.717) is 0 Å². The van der Waals surface area contributed by atoms with Crippen LogP contribution < -0.4 is 11.5 Å². The predicted octanol–water partition coefficient (Wildman–Crippen LogP) is -0.0509. The van der Waals surface area contributed by atoms with E-state index in [1.807, 2.05) is 6.92 Å². The first-order chi connectivity index (χ1) is 6.02. The van der Waals surface area contributed by atoms with Crippen LogP contribution in [0.4, 0.5) is 0 Å². The molecule has 72 valence electrons. The summed E-state index contributed by atoms with van der Waals surface area (Å²) in [4.78, 5) is 10.8. The quantitative estimate of drug-likeness (QED) is 0.687. The highest BCUT2D eigenvalue weighted by atomic mass is 16.1. The molecular weight excluding hydrogens is 168 g/mol. The molecule has 0 saturated heterocycles. The van der Waals surface area contributed by atoms with Crippen molar-refractivity contribution in [3.63, 3.8) is 0 Å². The van der Waals surface area contributed by atoms with Crippen LogP contribution in [0.3, 0.4) is 0 Å². The standard InChI is InChI=1S/C8H14N4O/c1-5(9)7-3-11-12(4-7)6(2)8(10)13/h3-6H,9H2,1-2H3,(H2,10,13)/t5-,6?/m0/s1. The van der Waals surface area contributed by atoms with Crippen molar-refractivity contribution in [1.82, 2.24) is 9.78 Å². The van der Waals surface area contributed by atoms with Gasteiger partial charge in [-0.3, -0.25) is 9.48 Å². The van der Waals surface area contributed by atoms with Crippen LogP contribution in [-0.2, 0) is 4.79 Å². The number of nitrogens with zero attached hydrogens (tertiary/aromatic N) is 2. The summed E-state index contributed by atoms with van der Waals surface area (Å²) in [5, 5.41) is 3.99. The summed E-state index contributed by atoms with van der Waals surface area (Å²) < 4.78 is 1.51. The maximum absolute atomic E-state index is 10.8. The molecule has 2 atom stereocenters. The molecule has 5 nitrogen and oxygen atoms in total. The SMILES string of the molecule is CC(C(N)=O)n1cc([C@H](C)N)cn1. The van der Waals surface area contributed by atoms with Gasteiger partial charge in [0.1, 0.15) is 6.04 Å². The zero-order valence-electron chi connectivity index (χ0n) is 7.77. The summed E-state index contributed by atoms with van der Waals surface area (Å²) in [6, 6.07) is -0.499. The molecule has 1 aromatic rings. The maximum Gasteiger partial charge on any atom is 0.241 e. The summed E-state index contributed by atoms with van der Waals surface area (Å²) in [5.74, 6) is -0.403. The maximum atomic E-state index is 10.8. The summed E-state index contributed by atoms with van der Waals surface area (Å²) >= 11 is 0. The Morgan fingerprint density at radius 3 is 2.62 bits per heavy atom. The van der Waals surface area contributed by atoms with Gasteiger partial charge >= 0.3 is 0 Å². The molecule has 0 spiro atoms. The number of aromatic nitrogens is 2. The molecule has 1 heterocycles. The van der Waals surface area contributed by atoms with Gasteiger partial charge in [-0.1, -0.05) is 0 Å². The van der Waals surface area contributed by atoms with Gasteiger partial charge in [-0.25, -0.2) is 0 Å². The van der Waals surface area contributed by atoms with Gasteiger partial charge in [0.2, 0.25) is 5.91 Å². The molecule has 0 aromatic carbocycles. The fourth-order valence-electron chi connectivity index (χ4n) is 0.930. The number of rotatable bonds is 3. The average molecular weight is 182 g/mol. The van der Waals surface area contributed by atoms with Gasteiger partial charge in [0, 0.05) is 17.8 Å². The molecule has 0 aliphatic carbocycles. The topological polar surface area (TPSA) is 86.9 Å². The second-order valence-electron chi connectivity index (χ2n) is 3.12. The van der Waals surface area contributed by atoms with Gasteiger partial charge in [-0.2, -0.15) is 5.10 Å². The Balaban J connectivity index is 2.85. The Hall–Kier alpha value is -1.36. The monoisotopic (exact) mass is 182 g/mol. The van der Waals surface area contributed by atoms with Crippen LogP contribution >= 0.6 is 0 Å². The summed E-state index contributed by atoms with van der Waals surface area (Å²) in [5.41, 5.74) is 11.7. The van der Waals surface area contributed by atoms with Gasteiger partial charge < -0.3 is 11.5 Å². The molecule has 0 fully saturated rings.